The van der Waals surface area contributed by atoms with Crippen LogP contribution in [0.2, 0.25) is 0 Å². The molecule has 1 atom stereocenters. The van der Waals surface area contributed by atoms with Crippen LogP contribution in [0.3, 0.4) is 0 Å². The molecule has 0 aromatic heterocycles. The van der Waals surface area contributed by atoms with Crippen molar-refractivity contribution in [3.8, 4) is 0 Å². The van der Waals surface area contributed by atoms with Gasteiger partial charge in [-0.25, -0.2) is 0 Å². The lowest BCUT2D eigenvalue weighted by Gasteiger charge is -2.27. The van der Waals surface area contributed by atoms with E-state index in [1.54, 1.807) is 0 Å². The Hall–Kier alpha value is -0.690. The minimum Gasteiger partial charge on any atom is -0.392 e. The zero-order valence-corrected chi connectivity index (χ0v) is 20.5. The molecule has 1 saturated heterocycles. The zero-order valence-electron chi connectivity index (χ0n) is 20.5. The average Bonchev–Trinajstić information content (AvgIpc) is 2.76. The molecule has 6 heteroatoms. The van der Waals surface area contributed by atoms with Crippen LogP contribution in [0.5, 0.6) is 0 Å². The highest BCUT2D eigenvalue weighted by molar-refractivity contribution is 5.46. The van der Waals surface area contributed by atoms with Gasteiger partial charge in [-0.15, -0.1) is 0 Å². The summed E-state index contributed by atoms with van der Waals surface area (Å²) >= 11 is 0. The van der Waals surface area contributed by atoms with Crippen molar-refractivity contribution in [3.05, 3.63) is 0 Å². The molecule has 6 nitrogen and oxygen atoms in total. The minimum absolute atomic E-state index is 0.221. The molecule has 1 aliphatic heterocycles. The van der Waals surface area contributed by atoms with Crippen molar-refractivity contribution >= 4 is 6.41 Å². The van der Waals surface area contributed by atoms with Crippen LogP contribution < -0.4 is 10.6 Å². The van der Waals surface area contributed by atoms with Crippen molar-refractivity contribution in [3.63, 3.8) is 0 Å². The van der Waals surface area contributed by atoms with Crippen LogP contribution in [0.15, 0.2) is 0 Å². The molecule has 0 spiro atoms. The Morgan fingerprint density at radius 2 is 1.19 bits per heavy atom. The summed E-state index contributed by atoms with van der Waals surface area (Å²) in [5.41, 5.74) is 0. The monoisotopic (exact) mass is 440 g/mol. The van der Waals surface area contributed by atoms with E-state index in [-0.39, 0.29) is 6.10 Å². The third kappa shape index (κ3) is 17.5. The van der Waals surface area contributed by atoms with E-state index in [9.17, 15) is 9.90 Å². The normalized spacial score (nSPS) is 18.3. The number of aliphatic hydroxyl groups is 1. The van der Waals surface area contributed by atoms with Gasteiger partial charge in [0.05, 0.1) is 6.10 Å². The number of unbranched alkanes of at least 4 members (excludes halogenated alkanes) is 11. The molecule has 1 amide bonds. The number of nitrogens with zero attached hydrogens (tertiary/aromatic N) is 2. The Kier molecular flexibility index (Phi) is 19.4. The lowest BCUT2D eigenvalue weighted by Crippen LogP contribution is -2.44. The van der Waals surface area contributed by atoms with Gasteiger partial charge in [0.1, 0.15) is 0 Å². The fourth-order valence-electron chi connectivity index (χ4n) is 4.29. The van der Waals surface area contributed by atoms with Gasteiger partial charge in [-0.05, 0) is 6.42 Å². The third-order valence-electron chi connectivity index (χ3n) is 6.37. The van der Waals surface area contributed by atoms with Gasteiger partial charge in [-0.3, -0.25) is 9.69 Å². The van der Waals surface area contributed by atoms with Gasteiger partial charge in [0.15, 0.2) is 0 Å². The molecule has 184 valence electrons. The van der Waals surface area contributed by atoms with Crippen LogP contribution in [-0.4, -0.2) is 86.3 Å². The van der Waals surface area contributed by atoms with Crippen molar-refractivity contribution in [2.24, 2.45) is 0 Å². The van der Waals surface area contributed by atoms with E-state index in [1.807, 2.05) is 4.90 Å². The maximum atomic E-state index is 11.0. The van der Waals surface area contributed by atoms with Crippen LogP contribution in [0, 0.1) is 0 Å². The summed E-state index contributed by atoms with van der Waals surface area (Å²) in [6.45, 7) is 9.90. The standard InChI is InChI=1S/C25H52N4O2/c1-2-3-4-5-6-7-8-9-10-11-12-13-14-25(31)23-28-19-15-26-17-21-29(24-30)22-18-27-16-20-28/h24-27,31H,2-23H2,1H3. The summed E-state index contributed by atoms with van der Waals surface area (Å²) in [5, 5.41) is 17.3. The lowest BCUT2D eigenvalue weighted by molar-refractivity contribution is -0.118. The van der Waals surface area contributed by atoms with Crippen LogP contribution in [-0.2, 0) is 4.79 Å². The van der Waals surface area contributed by atoms with Gasteiger partial charge < -0.3 is 20.6 Å². The number of carbonyl (C=O) groups excluding carboxylic acids is 1. The van der Waals surface area contributed by atoms with E-state index in [4.69, 9.17) is 0 Å². The van der Waals surface area contributed by atoms with Crippen molar-refractivity contribution in [2.75, 3.05) is 58.9 Å². The van der Waals surface area contributed by atoms with Crippen molar-refractivity contribution in [1.29, 1.82) is 0 Å². The Morgan fingerprint density at radius 3 is 1.68 bits per heavy atom. The number of carbonyl (C=O) groups is 1. The number of aliphatic hydroxyl groups excluding tert-OH is 1. The fourth-order valence-corrected chi connectivity index (χ4v) is 4.29. The van der Waals surface area contributed by atoms with Gasteiger partial charge in [-0.2, -0.15) is 0 Å². The van der Waals surface area contributed by atoms with E-state index in [0.717, 1.165) is 78.2 Å². The van der Waals surface area contributed by atoms with Crippen LogP contribution in [0.1, 0.15) is 90.4 Å². The Bertz CT molecular complexity index is 384. The molecule has 1 fully saturated rings. The second-order valence-electron chi connectivity index (χ2n) is 9.27. The second-order valence-corrected chi connectivity index (χ2v) is 9.27. The quantitative estimate of drug-likeness (QED) is 0.254. The molecule has 0 radical (unpaired) electrons. The maximum absolute atomic E-state index is 11.0. The molecule has 1 aliphatic rings. The number of β-amino-alcohol motifs (C(OH)–C–C–N with tert-alkyl or cyclic N) is 1. The van der Waals surface area contributed by atoms with Gasteiger partial charge in [0, 0.05) is 58.9 Å². The van der Waals surface area contributed by atoms with Crippen molar-refractivity contribution in [1.82, 2.24) is 20.4 Å². The lowest BCUT2D eigenvalue weighted by atomic mass is 10.0. The van der Waals surface area contributed by atoms with E-state index < -0.39 is 0 Å². The fraction of sp³-hybridized carbons (Fsp3) is 0.960. The second kappa shape index (κ2) is 21.2. The summed E-state index contributed by atoms with van der Waals surface area (Å²) in [7, 11) is 0. The average molecular weight is 441 g/mol. The van der Waals surface area contributed by atoms with E-state index in [2.05, 4.69) is 22.5 Å². The zero-order chi connectivity index (χ0) is 22.4. The number of nitrogens with one attached hydrogen (secondary N) is 2. The van der Waals surface area contributed by atoms with Gasteiger partial charge in [-0.1, -0.05) is 84.0 Å². The first-order chi connectivity index (χ1) is 15.3. The highest BCUT2D eigenvalue weighted by Crippen LogP contribution is 2.13. The molecule has 31 heavy (non-hydrogen) atoms. The molecule has 1 unspecified atom stereocenters. The topological polar surface area (TPSA) is 67.8 Å². The number of rotatable bonds is 16. The Balaban J connectivity index is 2.02. The molecule has 0 aromatic carbocycles. The number of amides is 1. The summed E-state index contributed by atoms with van der Waals surface area (Å²) in [4.78, 5) is 15.2. The summed E-state index contributed by atoms with van der Waals surface area (Å²) in [6.07, 6.45) is 17.9. The van der Waals surface area contributed by atoms with Gasteiger partial charge in [0.2, 0.25) is 6.41 Å². The highest BCUT2D eigenvalue weighted by Gasteiger charge is 2.12. The predicted octanol–water partition coefficient (Wildman–Crippen LogP) is 3.39. The van der Waals surface area contributed by atoms with Gasteiger partial charge >= 0.3 is 0 Å². The first-order valence-electron chi connectivity index (χ1n) is 13.3. The smallest absolute Gasteiger partial charge is 0.209 e. The van der Waals surface area contributed by atoms with Crippen LogP contribution >= 0.6 is 0 Å². The van der Waals surface area contributed by atoms with E-state index >= 15 is 0 Å². The number of hydrogen-bond acceptors (Lipinski definition) is 5. The number of hydrogen-bond donors (Lipinski definition) is 3. The summed E-state index contributed by atoms with van der Waals surface area (Å²) in [6, 6.07) is 0. The largest absolute Gasteiger partial charge is 0.392 e. The molecule has 1 heterocycles. The molecule has 0 aromatic rings. The summed E-state index contributed by atoms with van der Waals surface area (Å²) < 4.78 is 0. The molecule has 3 N–H and O–H groups in total. The molecule has 1 rings (SSSR count). The Labute approximate surface area is 192 Å². The SMILES string of the molecule is CCCCCCCCCCCCCCC(O)CN1CCNCCN(C=O)CCNCC1. The molecular formula is C25H52N4O2. The molecule has 0 saturated carbocycles. The summed E-state index contributed by atoms with van der Waals surface area (Å²) in [5.74, 6) is 0. The third-order valence-corrected chi connectivity index (χ3v) is 6.37. The Morgan fingerprint density at radius 1 is 0.742 bits per heavy atom. The molecule has 0 bridgehead atoms. The van der Waals surface area contributed by atoms with E-state index in [1.165, 1.54) is 70.6 Å². The first kappa shape index (κ1) is 28.3. The van der Waals surface area contributed by atoms with Crippen LogP contribution in [0.4, 0.5) is 0 Å². The molecule has 0 aliphatic carbocycles. The highest BCUT2D eigenvalue weighted by atomic mass is 16.3. The van der Waals surface area contributed by atoms with Crippen molar-refractivity contribution in [2.45, 2.75) is 96.5 Å². The van der Waals surface area contributed by atoms with Gasteiger partial charge in [0.25, 0.3) is 0 Å². The maximum Gasteiger partial charge on any atom is 0.209 e. The van der Waals surface area contributed by atoms with Crippen LogP contribution in [0.25, 0.3) is 0 Å². The predicted molar refractivity (Wildman–Crippen MR) is 132 cm³/mol. The van der Waals surface area contributed by atoms with Crippen molar-refractivity contribution < 1.29 is 9.90 Å². The molecular weight excluding hydrogens is 388 g/mol. The van der Waals surface area contributed by atoms with E-state index in [0.29, 0.717) is 0 Å². The first-order valence-corrected chi connectivity index (χ1v) is 13.3. The minimum atomic E-state index is -0.221.